The summed E-state index contributed by atoms with van der Waals surface area (Å²) in [5.74, 6) is 2.22. The molecule has 4 heteroatoms. The van der Waals surface area contributed by atoms with Gasteiger partial charge in [-0.2, -0.15) is 0 Å². The molecule has 3 aromatic rings. The lowest BCUT2D eigenvalue weighted by atomic mass is 9.92. The van der Waals surface area contributed by atoms with Crippen molar-refractivity contribution in [3.8, 4) is 17.2 Å². The van der Waals surface area contributed by atoms with Crippen LogP contribution in [0.15, 0.2) is 54.7 Å². The van der Waals surface area contributed by atoms with E-state index in [4.69, 9.17) is 14.2 Å². The number of fused-ring (bicyclic) bond motifs is 1. The Labute approximate surface area is 186 Å². The first-order valence-electron chi connectivity index (χ1n) is 11.4. The molecule has 0 amide bonds. The summed E-state index contributed by atoms with van der Waals surface area (Å²) in [5.41, 5.74) is 1.77. The summed E-state index contributed by atoms with van der Waals surface area (Å²) >= 11 is 0. The molecular weight excluding hydrogens is 386 g/mol. The van der Waals surface area contributed by atoms with Crippen molar-refractivity contribution in [2.45, 2.75) is 71.5 Å². The Morgan fingerprint density at radius 3 is 2.23 bits per heavy atom. The van der Waals surface area contributed by atoms with Crippen LogP contribution in [0.5, 0.6) is 17.2 Å². The van der Waals surface area contributed by atoms with E-state index >= 15 is 0 Å². The molecule has 0 saturated carbocycles. The largest absolute Gasteiger partial charge is 0.493 e. The molecule has 166 valence electrons. The minimum atomic E-state index is -0.185. The van der Waals surface area contributed by atoms with Gasteiger partial charge in [0, 0.05) is 17.6 Å². The van der Waals surface area contributed by atoms with Gasteiger partial charge in [0.2, 0.25) is 0 Å². The van der Waals surface area contributed by atoms with Crippen LogP contribution in [0.1, 0.15) is 64.9 Å². The molecule has 2 aromatic carbocycles. The van der Waals surface area contributed by atoms with Gasteiger partial charge in [0.05, 0.1) is 12.6 Å². The molecule has 4 nitrogen and oxygen atoms in total. The van der Waals surface area contributed by atoms with Gasteiger partial charge < -0.3 is 14.2 Å². The second-order valence-corrected chi connectivity index (χ2v) is 8.36. The van der Waals surface area contributed by atoms with E-state index in [2.05, 4.69) is 25.8 Å². The van der Waals surface area contributed by atoms with Crippen molar-refractivity contribution < 1.29 is 14.2 Å². The van der Waals surface area contributed by atoms with Gasteiger partial charge in [-0.15, -0.1) is 0 Å². The van der Waals surface area contributed by atoms with Gasteiger partial charge in [-0.25, -0.2) is 0 Å². The second kappa shape index (κ2) is 11.0. The van der Waals surface area contributed by atoms with Crippen LogP contribution in [0.4, 0.5) is 0 Å². The highest BCUT2D eigenvalue weighted by molar-refractivity contribution is 5.88. The number of hydrogen-bond donors (Lipinski definition) is 0. The third kappa shape index (κ3) is 6.13. The van der Waals surface area contributed by atoms with Gasteiger partial charge in [-0.1, -0.05) is 57.0 Å². The Bertz CT molecular complexity index is 947. The SMILES string of the molecule is CCCCC(C)(CCCC)Oc1ccnc2cc(OCc3ccccc3)c(OC)cc12. The van der Waals surface area contributed by atoms with Crippen molar-refractivity contribution in [1.29, 1.82) is 0 Å². The summed E-state index contributed by atoms with van der Waals surface area (Å²) in [7, 11) is 1.67. The number of unbranched alkanes of at least 4 members (excludes halogenated alkanes) is 2. The van der Waals surface area contributed by atoms with E-state index in [0.29, 0.717) is 18.1 Å². The quantitative estimate of drug-likeness (QED) is 0.307. The van der Waals surface area contributed by atoms with Crippen LogP contribution in [0.2, 0.25) is 0 Å². The van der Waals surface area contributed by atoms with E-state index in [1.807, 2.05) is 54.7 Å². The number of pyridine rings is 1. The van der Waals surface area contributed by atoms with Crippen LogP contribution in [-0.2, 0) is 6.61 Å². The first kappa shape index (κ1) is 22.9. The number of hydrogen-bond acceptors (Lipinski definition) is 4. The van der Waals surface area contributed by atoms with Crippen LogP contribution in [0, 0.1) is 0 Å². The molecule has 0 radical (unpaired) electrons. The van der Waals surface area contributed by atoms with Crippen LogP contribution >= 0.6 is 0 Å². The first-order valence-corrected chi connectivity index (χ1v) is 11.4. The van der Waals surface area contributed by atoms with E-state index in [1.54, 1.807) is 7.11 Å². The molecule has 0 aliphatic heterocycles. The zero-order chi connectivity index (χ0) is 22.1. The topological polar surface area (TPSA) is 40.6 Å². The average Bonchev–Trinajstić information content (AvgIpc) is 2.80. The van der Waals surface area contributed by atoms with Crippen molar-refractivity contribution >= 4 is 10.9 Å². The van der Waals surface area contributed by atoms with E-state index in [-0.39, 0.29) is 5.60 Å². The lowest BCUT2D eigenvalue weighted by Crippen LogP contribution is -2.32. The third-order valence-electron chi connectivity index (χ3n) is 5.70. The van der Waals surface area contributed by atoms with Gasteiger partial charge in [-0.3, -0.25) is 4.98 Å². The summed E-state index contributed by atoms with van der Waals surface area (Å²) in [6.07, 6.45) is 8.54. The number of aromatic nitrogens is 1. The minimum Gasteiger partial charge on any atom is -0.493 e. The molecule has 3 rings (SSSR count). The fourth-order valence-corrected chi connectivity index (χ4v) is 3.82. The van der Waals surface area contributed by atoms with Crippen LogP contribution in [0.25, 0.3) is 10.9 Å². The molecule has 31 heavy (non-hydrogen) atoms. The zero-order valence-electron chi connectivity index (χ0n) is 19.3. The second-order valence-electron chi connectivity index (χ2n) is 8.36. The van der Waals surface area contributed by atoms with Gasteiger partial charge in [0.15, 0.2) is 11.5 Å². The maximum absolute atomic E-state index is 6.65. The minimum absolute atomic E-state index is 0.185. The number of ether oxygens (including phenoxy) is 3. The molecule has 0 N–H and O–H groups in total. The predicted octanol–water partition coefficient (Wildman–Crippen LogP) is 7.34. The van der Waals surface area contributed by atoms with Crippen molar-refractivity contribution in [3.05, 3.63) is 60.3 Å². The number of rotatable bonds is 12. The highest BCUT2D eigenvalue weighted by Crippen LogP contribution is 2.38. The van der Waals surface area contributed by atoms with Crippen molar-refractivity contribution in [3.63, 3.8) is 0 Å². The zero-order valence-corrected chi connectivity index (χ0v) is 19.3. The summed E-state index contributed by atoms with van der Waals surface area (Å²) in [6, 6.07) is 16.0. The molecule has 0 fully saturated rings. The van der Waals surface area contributed by atoms with E-state index in [9.17, 15) is 0 Å². The summed E-state index contributed by atoms with van der Waals surface area (Å²) in [6.45, 7) is 7.16. The van der Waals surface area contributed by atoms with Gasteiger partial charge >= 0.3 is 0 Å². The van der Waals surface area contributed by atoms with E-state index < -0.39 is 0 Å². The van der Waals surface area contributed by atoms with Crippen molar-refractivity contribution in [2.24, 2.45) is 0 Å². The lowest BCUT2D eigenvalue weighted by Gasteiger charge is -2.31. The van der Waals surface area contributed by atoms with E-state index in [1.165, 1.54) is 0 Å². The molecule has 0 bridgehead atoms. The van der Waals surface area contributed by atoms with E-state index in [0.717, 1.165) is 60.7 Å². The standard InChI is InChI=1S/C27H35NO3/c1-5-7-15-27(3,16-8-6-2)31-24-14-17-28-23-19-26(25(29-4)18-22(23)24)30-20-21-12-10-9-11-13-21/h9-14,17-19H,5-8,15-16,20H2,1-4H3. The smallest absolute Gasteiger partial charge is 0.163 e. The van der Waals surface area contributed by atoms with Gasteiger partial charge in [0.25, 0.3) is 0 Å². The monoisotopic (exact) mass is 421 g/mol. The fourth-order valence-electron chi connectivity index (χ4n) is 3.82. The fraction of sp³-hybridized carbons (Fsp3) is 0.444. The molecule has 1 heterocycles. The maximum atomic E-state index is 6.65. The van der Waals surface area contributed by atoms with Crippen LogP contribution in [-0.4, -0.2) is 17.7 Å². The van der Waals surface area contributed by atoms with Crippen LogP contribution in [0.3, 0.4) is 0 Å². The molecular formula is C27H35NO3. The molecule has 0 saturated heterocycles. The summed E-state index contributed by atoms with van der Waals surface area (Å²) in [4.78, 5) is 4.57. The Morgan fingerprint density at radius 2 is 1.58 bits per heavy atom. The summed E-state index contributed by atoms with van der Waals surface area (Å²) < 4.78 is 18.4. The molecule has 0 atom stereocenters. The Balaban J connectivity index is 1.89. The Kier molecular flexibility index (Phi) is 8.16. The lowest BCUT2D eigenvalue weighted by molar-refractivity contribution is 0.0665. The molecule has 0 spiro atoms. The first-order chi connectivity index (χ1) is 15.1. The molecule has 0 aliphatic rings. The number of methoxy groups -OCH3 is 1. The highest BCUT2D eigenvalue weighted by Gasteiger charge is 2.26. The van der Waals surface area contributed by atoms with Gasteiger partial charge in [-0.05, 0) is 50.3 Å². The Hall–Kier alpha value is -2.75. The number of nitrogens with zero attached hydrogens (tertiary/aromatic N) is 1. The Morgan fingerprint density at radius 1 is 0.871 bits per heavy atom. The maximum Gasteiger partial charge on any atom is 0.163 e. The van der Waals surface area contributed by atoms with Crippen molar-refractivity contribution in [1.82, 2.24) is 4.98 Å². The molecule has 0 unspecified atom stereocenters. The number of benzene rings is 2. The normalized spacial score (nSPS) is 11.5. The molecule has 1 aromatic heterocycles. The summed E-state index contributed by atoms with van der Waals surface area (Å²) in [5, 5.41) is 0.950. The van der Waals surface area contributed by atoms with Crippen molar-refractivity contribution in [2.75, 3.05) is 7.11 Å². The highest BCUT2D eigenvalue weighted by atomic mass is 16.5. The molecule has 0 aliphatic carbocycles. The van der Waals surface area contributed by atoms with Gasteiger partial charge in [0.1, 0.15) is 18.0 Å². The average molecular weight is 422 g/mol. The third-order valence-corrected chi connectivity index (χ3v) is 5.70. The predicted molar refractivity (Wildman–Crippen MR) is 127 cm³/mol. The van der Waals surface area contributed by atoms with Crippen LogP contribution < -0.4 is 14.2 Å².